The molecule has 0 unspecified atom stereocenters. The van der Waals surface area contributed by atoms with Gasteiger partial charge in [0.15, 0.2) is 0 Å². The Labute approximate surface area is 146 Å². The summed E-state index contributed by atoms with van der Waals surface area (Å²) < 4.78 is 12.0. The summed E-state index contributed by atoms with van der Waals surface area (Å²) in [4.78, 5) is 17.1. The smallest absolute Gasteiger partial charge is 0.263 e. The van der Waals surface area contributed by atoms with Crippen molar-refractivity contribution in [3.8, 4) is 22.8 Å². The average molecular weight is 354 g/mol. The molecule has 4 heterocycles. The molecule has 0 aliphatic carbocycles. The van der Waals surface area contributed by atoms with E-state index in [0.717, 1.165) is 16.8 Å². The van der Waals surface area contributed by atoms with Crippen LogP contribution in [0, 0.1) is 13.8 Å². The molecule has 0 aliphatic rings. The van der Waals surface area contributed by atoms with Gasteiger partial charge in [-0.25, -0.2) is 0 Å². The minimum absolute atomic E-state index is 0.206. The molecular weight excluding hydrogens is 340 g/mol. The highest BCUT2D eigenvalue weighted by Gasteiger charge is 2.16. The van der Waals surface area contributed by atoms with Crippen molar-refractivity contribution in [2.45, 2.75) is 20.4 Å². The second-order valence-electron chi connectivity index (χ2n) is 5.59. The molecule has 0 saturated heterocycles. The minimum atomic E-state index is -0.206. The van der Waals surface area contributed by atoms with Gasteiger partial charge >= 0.3 is 0 Å². The summed E-state index contributed by atoms with van der Waals surface area (Å²) in [5, 5.41) is 11.7. The zero-order valence-corrected chi connectivity index (χ0v) is 14.4. The Bertz CT molecular complexity index is 1060. The lowest BCUT2D eigenvalue weighted by molar-refractivity contribution is 0.392. The maximum atomic E-state index is 12.8. The van der Waals surface area contributed by atoms with Gasteiger partial charge in [0.1, 0.15) is 11.3 Å². The fraction of sp³-hybridized carbons (Fsp3) is 0.176. The van der Waals surface area contributed by atoms with Gasteiger partial charge in [-0.2, -0.15) is 16.3 Å². The van der Waals surface area contributed by atoms with E-state index in [-0.39, 0.29) is 11.4 Å². The van der Waals surface area contributed by atoms with E-state index in [2.05, 4.69) is 15.3 Å². The van der Waals surface area contributed by atoms with E-state index in [1.54, 1.807) is 34.2 Å². The number of thiophene rings is 1. The third kappa shape index (κ3) is 2.80. The van der Waals surface area contributed by atoms with Crippen LogP contribution in [-0.4, -0.2) is 19.9 Å². The van der Waals surface area contributed by atoms with Crippen LogP contribution in [0.3, 0.4) is 0 Å². The van der Waals surface area contributed by atoms with Gasteiger partial charge in [-0.15, -0.1) is 0 Å². The molecule has 0 spiro atoms. The van der Waals surface area contributed by atoms with Crippen molar-refractivity contribution in [2.24, 2.45) is 0 Å². The van der Waals surface area contributed by atoms with Crippen LogP contribution in [0.4, 0.5) is 0 Å². The highest BCUT2D eigenvalue weighted by atomic mass is 32.1. The Morgan fingerprint density at radius 2 is 2.08 bits per heavy atom. The third-order valence-corrected chi connectivity index (χ3v) is 4.65. The quantitative estimate of drug-likeness (QED) is 0.559. The molecule has 0 fully saturated rings. The first-order chi connectivity index (χ1) is 12.1. The molecule has 0 atom stereocenters. The highest BCUT2D eigenvalue weighted by molar-refractivity contribution is 7.08. The van der Waals surface area contributed by atoms with E-state index in [0.29, 0.717) is 23.7 Å². The van der Waals surface area contributed by atoms with E-state index in [9.17, 15) is 4.79 Å². The molecule has 0 amide bonds. The number of aryl methyl sites for hydroxylation is 2. The standard InChI is InChI=1S/C17H14N4O3S/c1-10-14(11(2)23-19-10)8-21-6-3-4-13(17(21)22)16-18-15(20-24-16)12-5-7-25-9-12/h3-7,9H,8H2,1-2H3. The number of nitrogens with zero attached hydrogens (tertiary/aromatic N) is 4. The van der Waals surface area contributed by atoms with Crippen molar-refractivity contribution in [3.63, 3.8) is 0 Å². The number of hydrogen-bond acceptors (Lipinski definition) is 7. The Balaban J connectivity index is 1.71. The van der Waals surface area contributed by atoms with Gasteiger partial charge in [0.05, 0.1) is 12.2 Å². The molecule has 4 aromatic heterocycles. The number of rotatable bonds is 4. The van der Waals surface area contributed by atoms with E-state index in [1.807, 2.05) is 30.7 Å². The maximum Gasteiger partial charge on any atom is 0.263 e. The molecule has 7 nitrogen and oxygen atoms in total. The summed E-state index contributed by atoms with van der Waals surface area (Å²) in [5.74, 6) is 1.38. The number of aromatic nitrogens is 4. The van der Waals surface area contributed by atoms with Crippen LogP contribution >= 0.6 is 11.3 Å². The van der Waals surface area contributed by atoms with Gasteiger partial charge in [-0.3, -0.25) is 4.79 Å². The normalized spacial score (nSPS) is 11.1. The van der Waals surface area contributed by atoms with Crippen molar-refractivity contribution < 1.29 is 9.05 Å². The van der Waals surface area contributed by atoms with Gasteiger partial charge in [0.25, 0.3) is 11.4 Å². The molecule has 0 aliphatic heterocycles. The summed E-state index contributed by atoms with van der Waals surface area (Å²) in [6.07, 6.45) is 1.72. The molecule has 0 aromatic carbocycles. The summed E-state index contributed by atoms with van der Waals surface area (Å²) in [5.41, 5.74) is 2.69. The van der Waals surface area contributed by atoms with E-state index < -0.39 is 0 Å². The maximum absolute atomic E-state index is 12.8. The van der Waals surface area contributed by atoms with Gasteiger partial charge in [-0.05, 0) is 37.4 Å². The van der Waals surface area contributed by atoms with Crippen LogP contribution in [0.2, 0.25) is 0 Å². The summed E-state index contributed by atoms with van der Waals surface area (Å²) in [7, 11) is 0. The summed E-state index contributed by atoms with van der Waals surface area (Å²) in [6.45, 7) is 4.06. The molecule has 4 rings (SSSR count). The third-order valence-electron chi connectivity index (χ3n) is 3.97. The predicted octanol–water partition coefficient (Wildman–Crippen LogP) is 3.28. The monoisotopic (exact) mass is 354 g/mol. The number of pyridine rings is 1. The Hall–Kier alpha value is -3.00. The SMILES string of the molecule is Cc1noc(C)c1Cn1cccc(-c2nc(-c3ccsc3)no2)c1=O. The molecule has 8 heteroatoms. The van der Waals surface area contributed by atoms with Crippen LogP contribution in [0.1, 0.15) is 17.0 Å². The summed E-state index contributed by atoms with van der Waals surface area (Å²) >= 11 is 1.55. The largest absolute Gasteiger partial charge is 0.361 e. The topological polar surface area (TPSA) is 86.9 Å². The van der Waals surface area contributed by atoms with Crippen LogP contribution in [0.25, 0.3) is 22.8 Å². The fourth-order valence-corrected chi connectivity index (χ4v) is 3.20. The Morgan fingerprint density at radius 3 is 2.80 bits per heavy atom. The van der Waals surface area contributed by atoms with Crippen molar-refractivity contribution in [2.75, 3.05) is 0 Å². The van der Waals surface area contributed by atoms with Crippen molar-refractivity contribution in [1.29, 1.82) is 0 Å². The van der Waals surface area contributed by atoms with E-state index >= 15 is 0 Å². The molecule has 0 N–H and O–H groups in total. The summed E-state index contributed by atoms with van der Waals surface area (Å²) in [6, 6.07) is 5.36. The first-order valence-electron chi connectivity index (χ1n) is 7.61. The Kier molecular flexibility index (Phi) is 3.81. The fourth-order valence-electron chi connectivity index (χ4n) is 2.56. The lowest BCUT2D eigenvalue weighted by Crippen LogP contribution is -2.22. The molecule has 4 aromatic rings. The average Bonchev–Trinajstić information content (AvgIpc) is 3.33. The predicted molar refractivity (Wildman–Crippen MR) is 92.4 cm³/mol. The van der Waals surface area contributed by atoms with Gasteiger partial charge in [-0.1, -0.05) is 10.3 Å². The lowest BCUT2D eigenvalue weighted by atomic mass is 10.2. The molecule has 0 bridgehead atoms. The molecular formula is C17H14N4O3S. The van der Waals surface area contributed by atoms with Gasteiger partial charge in [0.2, 0.25) is 5.82 Å². The van der Waals surface area contributed by atoms with Crippen LogP contribution in [-0.2, 0) is 6.54 Å². The van der Waals surface area contributed by atoms with Crippen molar-refractivity contribution in [3.05, 3.63) is 62.5 Å². The van der Waals surface area contributed by atoms with Crippen LogP contribution in [0.15, 0.2) is 49.0 Å². The first-order valence-corrected chi connectivity index (χ1v) is 8.55. The Morgan fingerprint density at radius 1 is 1.20 bits per heavy atom. The number of hydrogen-bond donors (Lipinski definition) is 0. The lowest BCUT2D eigenvalue weighted by Gasteiger charge is -2.06. The molecule has 0 saturated carbocycles. The zero-order valence-electron chi connectivity index (χ0n) is 13.6. The van der Waals surface area contributed by atoms with Crippen LogP contribution in [0.5, 0.6) is 0 Å². The van der Waals surface area contributed by atoms with E-state index in [4.69, 9.17) is 9.05 Å². The molecule has 0 radical (unpaired) electrons. The second kappa shape index (κ2) is 6.14. The second-order valence-corrected chi connectivity index (χ2v) is 6.37. The van der Waals surface area contributed by atoms with Crippen molar-refractivity contribution in [1.82, 2.24) is 19.9 Å². The van der Waals surface area contributed by atoms with Gasteiger partial charge < -0.3 is 13.6 Å². The highest BCUT2D eigenvalue weighted by Crippen LogP contribution is 2.22. The van der Waals surface area contributed by atoms with E-state index in [1.165, 1.54) is 0 Å². The molecule has 126 valence electrons. The van der Waals surface area contributed by atoms with Crippen LogP contribution < -0.4 is 5.56 Å². The van der Waals surface area contributed by atoms with Gasteiger partial charge in [0, 0.05) is 22.7 Å². The van der Waals surface area contributed by atoms with Crippen molar-refractivity contribution >= 4 is 11.3 Å². The first kappa shape index (κ1) is 15.5. The zero-order chi connectivity index (χ0) is 17.4. The molecule has 25 heavy (non-hydrogen) atoms. The minimum Gasteiger partial charge on any atom is -0.361 e.